The quantitative estimate of drug-likeness (QED) is 0.415. The minimum absolute atomic E-state index is 0.0631. The van der Waals surface area contributed by atoms with E-state index in [0.29, 0.717) is 29.2 Å². The summed E-state index contributed by atoms with van der Waals surface area (Å²) in [6, 6.07) is 22.5. The normalized spacial score (nSPS) is 11.1. The molecule has 1 heterocycles. The van der Waals surface area contributed by atoms with E-state index in [2.05, 4.69) is 10.4 Å². The number of methoxy groups -OCH3 is 1. The molecule has 8 nitrogen and oxygen atoms in total. The van der Waals surface area contributed by atoms with Gasteiger partial charge in [-0.3, -0.25) is 13.8 Å². The molecule has 0 atom stereocenters. The second kappa shape index (κ2) is 9.80. The van der Waals surface area contributed by atoms with Gasteiger partial charge in [0.1, 0.15) is 5.75 Å². The number of nitrogens with zero attached hydrogens (tertiary/aromatic N) is 3. The number of sulfonamides is 1. The van der Waals surface area contributed by atoms with Gasteiger partial charge in [0.05, 0.1) is 36.1 Å². The fraction of sp³-hybridized carbons (Fsp3) is 0.120. The lowest BCUT2D eigenvalue weighted by Crippen LogP contribution is -2.27. The lowest BCUT2D eigenvalue weighted by atomic mass is 10.2. The largest absolute Gasteiger partial charge is 0.495 e. The van der Waals surface area contributed by atoms with Crippen molar-refractivity contribution in [1.29, 1.82) is 0 Å². The topological polar surface area (TPSA) is 93.5 Å². The third-order valence-corrected chi connectivity index (χ3v) is 7.06. The maximum atomic E-state index is 13.1. The van der Waals surface area contributed by atoms with E-state index in [1.807, 2.05) is 30.3 Å². The fourth-order valence-corrected chi connectivity index (χ4v) is 4.65. The Bertz CT molecular complexity index is 1380. The molecule has 0 saturated heterocycles. The molecule has 174 valence electrons. The molecular weight excluding hydrogens is 452 g/mol. The van der Waals surface area contributed by atoms with Crippen LogP contribution in [0.5, 0.6) is 5.75 Å². The highest BCUT2D eigenvalue weighted by molar-refractivity contribution is 7.92. The van der Waals surface area contributed by atoms with Crippen LogP contribution in [0.25, 0.3) is 0 Å². The Hall–Kier alpha value is -4.11. The first-order valence-corrected chi connectivity index (χ1v) is 11.9. The van der Waals surface area contributed by atoms with Gasteiger partial charge in [0, 0.05) is 18.8 Å². The Balaban J connectivity index is 1.45. The van der Waals surface area contributed by atoms with Gasteiger partial charge in [-0.1, -0.05) is 42.5 Å². The molecule has 0 aliphatic heterocycles. The van der Waals surface area contributed by atoms with E-state index in [0.717, 1.165) is 9.87 Å². The van der Waals surface area contributed by atoms with Crippen LogP contribution in [0, 0.1) is 0 Å². The summed E-state index contributed by atoms with van der Waals surface area (Å²) >= 11 is 0. The van der Waals surface area contributed by atoms with Crippen molar-refractivity contribution in [2.75, 3.05) is 23.8 Å². The number of carbonyl (C=O) groups is 1. The summed E-state index contributed by atoms with van der Waals surface area (Å²) in [7, 11) is -0.901. The van der Waals surface area contributed by atoms with Crippen LogP contribution in [0.2, 0.25) is 0 Å². The average molecular weight is 477 g/mol. The van der Waals surface area contributed by atoms with Crippen molar-refractivity contribution in [2.24, 2.45) is 0 Å². The zero-order valence-corrected chi connectivity index (χ0v) is 19.6. The highest BCUT2D eigenvalue weighted by Crippen LogP contribution is 2.30. The number of aromatic nitrogens is 2. The average Bonchev–Trinajstić information content (AvgIpc) is 3.30. The number of nitrogens with one attached hydrogen (secondary N) is 1. The molecule has 3 aromatic carbocycles. The van der Waals surface area contributed by atoms with Crippen LogP contribution in [-0.4, -0.2) is 38.3 Å². The van der Waals surface area contributed by atoms with Crippen molar-refractivity contribution in [3.63, 3.8) is 0 Å². The summed E-state index contributed by atoms with van der Waals surface area (Å²) in [6.07, 6.45) is 3.31. The summed E-state index contributed by atoms with van der Waals surface area (Å²) in [5, 5.41) is 7.06. The van der Waals surface area contributed by atoms with Crippen LogP contribution < -0.4 is 14.4 Å². The van der Waals surface area contributed by atoms with Crippen LogP contribution in [0.1, 0.15) is 15.9 Å². The molecule has 4 rings (SSSR count). The summed E-state index contributed by atoms with van der Waals surface area (Å²) in [4.78, 5) is 12.7. The molecule has 1 aromatic heterocycles. The van der Waals surface area contributed by atoms with Crippen molar-refractivity contribution in [3.05, 3.63) is 102 Å². The zero-order chi connectivity index (χ0) is 24.1. The molecule has 0 aliphatic carbocycles. The maximum Gasteiger partial charge on any atom is 0.264 e. The smallest absolute Gasteiger partial charge is 0.264 e. The van der Waals surface area contributed by atoms with Crippen molar-refractivity contribution in [3.8, 4) is 5.75 Å². The van der Waals surface area contributed by atoms with Gasteiger partial charge >= 0.3 is 0 Å². The van der Waals surface area contributed by atoms with Crippen LogP contribution in [-0.2, 0) is 16.6 Å². The first-order valence-electron chi connectivity index (χ1n) is 10.5. The Morgan fingerprint density at radius 2 is 1.68 bits per heavy atom. The molecule has 0 unspecified atom stereocenters. The van der Waals surface area contributed by atoms with Crippen molar-refractivity contribution in [2.45, 2.75) is 11.4 Å². The molecule has 34 heavy (non-hydrogen) atoms. The Labute approximate surface area is 198 Å². The van der Waals surface area contributed by atoms with E-state index in [1.165, 1.54) is 38.4 Å². The minimum Gasteiger partial charge on any atom is -0.495 e. The molecule has 0 fully saturated rings. The van der Waals surface area contributed by atoms with Gasteiger partial charge in [-0.25, -0.2) is 8.42 Å². The van der Waals surface area contributed by atoms with Gasteiger partial charge in [-0.2, -0.15) is 5.10 Å². The molecule has 9 heteroatoms. The number of carbonyl (C=O) groups excluding carboxylic acids is 1. The fourth-order valence-electron chi connectivity index (χ4n) is 3.44. The third-order valence-electron chi connectivity index (χ3n) is 5.28. The second-order valence-electron chi connectivity index (χ2n) is 7.54. The molecule has 4 aromatic rings. The van der Waals surface area contributed by atoms with Gasteiger partial charge in [-0.05, 0) is 42.0 Å². The molecule has 0 radical (unpaired) electrons. The standard InChI is InChI=1S/C25H24N4O4S/c1-28(23-10-6-7-11-24(23)33-2)34(31,32)22-14-12-20(13-15-22)25(30)27-21-16-26-29(18-21)17-19-8-4-3-5-9-19/h3-16,18H,17H2,1-2H3,(H,27,30). The number of anilines is 2. The van der Waals surface area contributed by atoms with Gasteiger partial charge in [0.25, 0.3) is 15.9 Å². The first kappa shape index (κ1) is 23.1. The van der Waals surface area contributed by atoms with E-state index in [-0.39, 0.29) is 10.8 Å². The van der Waals surface area contributed by atoms with E-state index in [4.69, 9.17) is 4.74 Å². The maximum absolute atomic E-state index is 13.1. The van der Waals surface area contributed by atoms with Crippen LogP contribution in [0.15, 0.2) is 96.2 Å². The van der Waals surface area contributed by atoms with Crippen molar-refractivity contribution in [1.82, 2.24) is 9.78 Å². The second-order valence-corrected chi connectivity index (χ2v) is 9.50. The third kappa shape index (κ3) is 4.94. The Morgan fingerprint density at radius 1 is 1.00 bits per heavy atom. The molecule has 0 aliphatic rings. The highest BCUT2D eigenvalue weighted by atomic mass is 32.2. The molecule has 0 saturated carbocycles. The molecular formula is C25H24N4O4S. The number of para-hydroxylation sites is 2. The Kier molecular flexibility index (Phi) is 6.65. The first-order chi connectivity index (χ1) is 16.4. The van der Waals surface area contributed by atoms with Gasteiger partial charge < -0.3 is 10.1 Å². The summed E-state index contributed by atoms with van der Waals surface area (Å²) in [6.45, 7) is 0.586. The van der Waals surface area contributed by atoms with Gasteiger partial charge in [0.15, 0.2) is 0 Å². The predicted octanol–water partition coefficient (Wildman–Crippen LogP) is 4.02. The van der Waals surface area contributed by atoms with Crippen LogP contribution in [0.3, 0.4) is 0 Å². The molecule has 0 spiro atoms. The van der Waals surface area contributed by atoms with Crippen LogP contribution >= 0.6 is 0 Å². The predicted molar refractivity (Wildman–Crippen MR) is 131 cm³/mol. The lowest BCUT2D eigenvalue weighted by Gasteiger charge is -2.21. The van der Waals surface area contributed by atoms with E-state index >= 15 is 0 Å². The summed E-state index contributed by atoms with van der Waals surface area (Å²) < 4.78 is 34.3. The summed E-state index contributed by atoms with van der Waals surface area (Å²) in [5.41, 5.74) is 2.39. The monoisotopic (exact) mass is 476 g/mol. The number of rotatable bonds is 8. The minimum atomic E-state index is -3.84. The van der Waals surface area contributed by atoms with Gasteiger partial charge in [0.2, 0.25) is 0 Å². The van der Waals surface area contributed by atoms with E-state index in [1.54, 1.807) is 41.3 Å². The number of amides is 1. The molecule has 0 bridgehead atoms. The van der Waals surface area contributed by atoms with E-state index < -0.39 is 10.0 Å². The van der Waals surface area contributed by atoms with Crippen molar-refractivity contribution < 1.29 is 17.9 Å². The highest BCUT2D eigenvalue weighted by Gasteiger charge is 2.24. The SMILES string of the molecule is COc1ccccc1N(C)S(=O)(=O)c1ccc(C(=O)Nc2cnn(Cc3ccccc3)c2)cc1. The number of hydrogen-bond donors (Lipinski definition) is 1. The molecule has 1 N–H and O–H groups in total. The number of benzene rings is 3. The zero-order valence-electron chi connectivity index (χ0n) is 18.8. The summed E-state index contributed by atoms with van der Waals surface area (Å²) in [5.74, 6) is 0.0821. The Morgan fingerprint density at radius 3 is 2.38 bits per heavy atom. The lowest BCUT2D eigenvalue weighted by molar-refractivity contribution is 0.102. The van der Waals surface area contributed by atoms with Gasteiger partial charge in [-0.15, -0.1) is 0 Å². The van der Waals surface area contributed by atoms with Crippen LogP contribution in [0.4, 0.5) is 11.4 Å². The van der Waals surface area contributed by atoms with Crippen molar-refractivity contribution >= 4 is 27.3 Å². The van der Waals surface area contributed by atoms with E-state index in [9.17, 15) is 13.2 Å². The number of hydrogen-bond acceptors (Lipinski definition) is 5. The number of ether oxygens (including phenoxy) is 1. The molecule has 1 amide bonds.